The van der Waals surface area contributed by atoms with Crippen LogP contribution >= 0.6 is 0 Å². The molecule has 0 amide bonds. The highest BCUT2D eigenvalue weighted by atomic mass is 19.1. The van der Waals surface area contributed by atoms with Gasteiger partial charge in [-0.3, -0.25) is 4.98 Å². The molecular formula is C30H26FN5O2. The molecule has 190 valence electrons. The molecule has 38 heavy (non-hydrogen) atoms. The van der Waals surface area contributed by atoms with Crippen LogP contribution in [-0.4, -0.2) is 33.2 Å². The molecule has 0 saturated heterocycles. The van der Waals surface area contributed by atoms with E-state index in [0.29, 0.717) is 36.7 Å². The lowest BCUT2D eigenvalue weighted by Gasteiger charge is -2.10. The summed E-state index contributed by atoms with van der Waals surface area (Å²) in [4.78, 5) is 17.3. The van der Waals surface area contributed by atoms with Crippen LogP contribution in [0, 0.1) is 19.3 Å². The van der Waals surface area contributed by atoms with Gasteiger partial charge in [0.15, 0.2) is 5.69 Å². The zero-order valence-electron chi connectivity index (χ0n) is 21.2. The minimum absolute atomic E-state index is 0.0152. The van der Waals surface area contributed by atoms with Crippen LogP contribution in [0.5, 0.6) is 5.88 Å². The lowest BCUT2D eigenvalue weighted by molar-refractivity contribution is 0.187. The Hall–Kier alpha value is -4.61. The fourth-order valence-corrected chi connectivity index (χ4v) is 4.22. The summed E-state index contributed by atoms with van der Waals surface area (Å²) in [6.07, 6.45) is 2.38. The number of aromatic nitrogens is 4. The Morgan fingerprint density at radius 2 is 1.92 bits per heavy atom. The van der Waals surface area contributed by atoms with Crippen molar-refractivity contribution in [2.75, 3.05) is 13.7 Å². The molecule has 0 aliphatic carbocycles. The van der Waals surface area contributed by atoms with E-state index in [-0.39, 0.29) is 12.3 Å². The number of ether oxygens (including phenoxy) is 2. The Kier molecular flexibility index (Phi) is 7.38. The molecule has 7 nitrogen and oxygen atoms in total. The fourth-order valence-electron chi connectivity index (χ4n) is 4.22. The molecule has 2 aromatic carbocycles. The Balaban J connectivity index is 1.31. The first-order chi connectivity index (χ1) is 18.5. The molecule has 0 unspecified atom stereocenters. The van der Waals surface area contributed by atoms with E-state index in [1.165, 1.54) is 11.6 Å². The lowest BCUT2D eigenvalue weighted by Crippen LogP contribution is -2.09. The predicted octanol–water partition coefficient (Wildman–Crippen LogP) is 6.31. The van der Waals surface area contributed by atoms with Gasteiger partial charge >= 0.3 is 0 Å². The molecule has 0 aliphatic rings. The molecule has 0 N–H and O–H groups in total. The highest BCUT2D eigenvalue weighted by Crippen LogP contribution is 2.23. The first kappa shape index (κ1) is 25.1. The standard InChI is InChI=1S/C30H26FN5O2/c1-20-7-12-27-28(15-20)36(13-14-37-3)29(34-27)17-24-11-8-21(18-33-24)26-5-4-6-30(35-26)38-19-22-9-10-23(32-2)16-25(22)31/h4-12,15-16,18H,13-14,17,19H2,1,3H3. The average molecular weight is 508 g/mol. The molecular weight excluding hydrogens is 481 g/mol. The number of rotatable bonds is 9. The van der Waals surface area contributed by atoms with Crippen LogP contribution in [0.1, 0.15) is 22.6 Å². The molecule has 0 aliphatic heterocycles. The number of hydrogen-bond donors (Lipinski definition) is 0. The summed E-state index contributed by atoms with van der Waals surface area (Å²) >= 11 is 0. The van der Waals surface area contributed by atoms with Crippen molar-refractivity contribution < 1.29 is 13.9 Å². The second-order valence-electron chi connectivity index (χ2n) is 8.92. The van der Waals surface area contributed by atoms with E-state index in [0.717, 1.165) is 28.1 Å². The Labute approximate surface area is 220 Å². The van der Waals surface area contributed by atoms with Crippen molar-refractivity contribution in [1.29, 1.82) is 0 Å². The van der Waals surface area contributed by atoms with E-state index >= 15 is 0 Å². The number of pyridine rings is 2. The number of methoxy groups -OCH3 is 1. The van der Waals surface area contributed by atoms with Crippen molar-refractivity contribution in [3.63, 3.8) is 0 Å². The molecule has 8 heteroatoms. The summed E-state index contributed by atoms with van der Waals surface area (Å²) < 4.78 is 27.4. The van der Waals surface area contributed by atoms with E-state index in [1.807, 2.05) is 30.3 Å². The Bertz CT molecular complexity index is 1620. The van der Waals surface area contributed by atoms with Gasteiger partial charge in [0.1, 0.15) is 18.2 Å². The van der Waals surface area contributed by atoms with E-state index in [1.54, 1.807) is 31.5 Å². The number of fused-ring (bicyclic) bond motifs is 1. The Morgan fingerprint density at radius 1 is 1.03 bits per heavy atom. The molecule has 0 spiro atoms. The summed E-state index contributed by atoms with van der Waals surface area (Å²) in [5.41, 5.74) is 6.30. The predicted molar refractivity (Wildman–Crippen MR) is 144 cm³/mol. The molecule has 0 radical (unpaired) electrons. The fraction of sp³-hybridized carbons (Fsp3) is 0.200. The normalized spacial score (nSPS) is 11.0. The second kappa shape index (κ2) is 11.2. The summed E-state index contributed by atoms with van der Waals surface area (Å²) in [6, 6.07) is 20.0. The number of halogens is 1. The molecule has 0 fully saturated rings. The smallest absolute Gasteiger partial charge is 0.214 e. The molecule has 0 bridgehead atoms. The van der Waals surface area contributed by atoms with Gasteiger partial charge in [-0.15, -0.1) is 0 Å². The largest absolute Gasteiger partial charge is 0.473 e. The van der Waals surface area contributed by atoms with E-state index in [4.69, 9.17) is 21.0 Å². The van der Waals surface area contributed by atoms with Crippen LogP contribution in [-0.2, 0) is 24.3 Å². The van der Waals surface area contributed by atoms with Gasteiger partial charge in [-0.05, 0) is 48.9 Å². The lowest BCUT2D eigenvalue weighted by atomic mass is 10.1. The third-order valence-electron chi connectivity index (χ3n) is 6.23. The summed E-state index contributed by atoms with van der Waals surface area (Å²) in [5.74, 6) is 0.843. The molecule has 0 saturated carbocycles. The van der Waals surface area contributed by atoms with Gasteiger partial charge in [0.25, 0.3) is 0 Å². The third-order valence-corrected chi connectivity index (χ3v) is 6.23. The molecule has 3 heterocycles. The van der Waals surface area contributed by atoms with Crippen LogP contribution in [0.2, 0.25) is 0 Å². The number of imidazole rings is 1. The molecule has 3 aromatic heterocycles. The SMILES string of the molecule is [C-]#[N+]c1ccc(COc2cccc(-c3ccc(Cc4nc5ccc(C)cc5n4CCOC)nc3)n2)c(F)c1. The number of aryl methyl sites for hydroxylation is 1. The van der Waals surface area contributed by atoms with Crippen LogP contribution in [0.15, 0.2) is 72.9 Å². The number of hydrogen-bond acceptors (Lipinski definition) is 5. The van der Waals surface area contributed by atoms with E-state index < -0.39 is 5.82 Å². The number of benzene rings is 2. The quantitative estimate of drug-likeness (QED) is 0.219. The van der Waals surface area contributed by atoms with Crippen molar-refractivity contribution >= 4 is 16.7 Å². The van der Waals surface area contributed by atoms with Gasteiger partial charge in [-0.2, -0.15) is 0 Å². The monoisotopic (exact) mass is 507 g/mol. The number of nitrogens with zero attached hydrogens (tertiary/aromatic N) is 5. The van der Waals surface area contributed by atoms with Gasteiger partial charge in [0.2, 0.25) is 5.88 Å². The molecule has 0 atom stereocenters. The first-order valence-electron chi connectivity index (χ1n) is 12.2. The van der Waals surface area contributed by atoms with Crippen molar-refractivity contribution in [1.82, 2.24) is 19.5 Å². The minimum atomic E-state index is -0.472. The Morgan fingerprint density at radius 3 is 2.68 bits per heavy atom. The second-order valence-corrected chi connectivity index (χ2v) is 8.92. The van der Waals surface area contributed by atoms with E-state index in [9.17, 15) is 4.39 Å². The molecule has 5 aromatic rings. The maximum atomic E-state index is 14.2. The summed E-state index contributed by atoms with van der Waals surface area (Å²) in [7, 11) is 1.70. The van der Waals surface area contributed by atoms with Crippen LogP contribution in [0.4, 0.5) is 10.1 Å². The topological polar surface area (TPSA) is 66.4 Å². The first-order valence-corrected chi connectivity index (χ1v) is 12.2. The van der Waals surface area contributed by atoms with Crippen molar-refractivity contribution in [2.24, 2.45) is 0 Å². The zero-order chi connectivity index (χ0) is 26.5. The summed E-state index contributed by atoms with van der Waals surface area (Å²) in [5, 5.41) is 0. The van der Waals surface area contributed by atoms with Crippen LogP contribution in [0.25, 0.3) is 27.1 Å². The van der Waals surface area contributed by atoms with Crippen molar-refractivity contribution in [2.45, 2.75) is 26.5 Å². The highest BCUT2D eigenvalue weighted by Gasteiger charge is 2.13. The summed E-state index contributed by atoms with van der Waals surface area (Å²) in [6.45, 7) is 10.4. The van der Waals surface area contributed by atoms with Gasteiger partial charge < -0.3 is 14.0 Å². The van der Waals surface area contributed by atoms with Crippen LogP contribution in [0.3, 0.4) is 0 Å². The minimum Gasteiger partial charge on any atom is -0.473 e. The third kappa shape index (κ3) is 5.53. The maximum absolute atomic E-state index is 14.2. The van der Waals surface area contributed by atoms with Crippen LogP contribution < -0.4 is 4.74 Å². The van der Waals surface area contributed by atoms with Gasteiger partial charge in [0, 0.05) is 49.2 Å². The highest BCUT2D eigenvalue weighted by molar-refractivity contribution is 5.77. The van der Waals surface area contributed by atoms with Gasteiger partial charge in [0.05, 0.1) is 29.9 Å². The zero-order valence-corrected chi connectivity index (χ0v) is 21.2. The average Bonchev–Trinajstić information content (AvgIpc) is 3.27. The van der Waals surface area contributed by atoms with Gasteiger partial charge in [-0.25, -0.2) is 19.2 Å². The van der Waals surface area contributed by atoms with Gasteiger partial charge in [-0.1, -0.05) is 24.3 Å². The maximum Gasteiger partial charge on any atom is 0.214 e. The van der Waals surface area contributed by atoms with Crippen molar-refractivity contribution in [3.8, 4) is 17.1 Å². The molecule has 5 rings (SSSR count). The van der Waals surface area contributed by atoms with Crippen molar-refractivity contribution in [3.05, 3.63) is 113 Å². The van der Waals surface area contributed by atoms with E-state index in [2.05, 4.69) is 38.4 Å².